The van der Waals surface area contributed by atoms with Crippen LogP contribution >= 0.6 is 0 Å². The van der Waals surface area contributed by atoms with Gasteiger partial charge in [-0.3, -0.25) is 4.18 Å². The molecule has 1 aliphatic heterocycles. The topological polar surface area (TPSA) is 52.6 Å². The van der Waals surface area contributed by atoms with Crippen LogP contribution in [0, 0.1) is 18.6 Å². The molecule has 0 amide bonds. The number of aryl methyl sites for hydroxylation is 1. The highest BCUT2D eigenvalue weighted by Gasteiger charge is 2.37. The van der Waals surface area contributed by atoms with Gasteiger partial charge in [0.1, 0.15) is 16.7 Å². The lowest BCUT2D eigenvalue weighted by atomic mass is 9.95. The van der Waals surface area contributed by atoms with Gasteiger partial charge in [0.15, 0.2) is 11.6 Å². The highest BCUT2D eigenvalue weighted by atomic mass is 32.2. The summed E-state index contributed by atoms with van der Waals surface area (Å²) in [5.74, 6) is -2.32. The molecule has 1 unspecified atom stereocenters. The van der Waals surface area contributed by atoms with E-state index in [2.05, 4.69) is 4.18 Å². The summed E-state index contributed by atoms with van der Waals surface area (Å²) in [6.45, 7) is 1.73. The molecule has 0 aromatic heterocycles. The molecule has 0 bridgehead atoms. The van der Waals surface area contributed by atoms with Crippen LogP contribution < -0.4 is 4.74 Å². The molecule has 4 nitrogen and oxygen atoms in total. The Kier molecular flexibility index (Phi) is 5.69. The van der Waals surface area contributed by atoms with Crippen molar-refractivity contribution in [1.29, 1.82) is 0 Å². The van der Waals surface area contributed by atoms with Crippen molar-refractivity contribution in [3.8, 4) is 16.9 Å². The molecule has 0 fully saturated rings. The van der Waals surface area contributed by atoms with Crippen LogP contribution in [0.3, 0.4) is 0 Å². The highest BCUT2D eigenvalue weighted by molar-refractivity contribution is 7.86. The minimum atomic E-state index is -4.70. The van der Waals surface area contributed by atoms with E-state index in [1.165, 1.54) is 6.07 Å². The summed E-state index contributed by atoms with van der Waals surface area (Å²) >= 11 is 0. The van der Waals surface area contributed by atoms with Gasteiger partial charge in [-0.05, 0) is 48.4 Å². The minimum Gasteiger partial charge on any atom is -0.484 e. The molecule has 0 radical (unpaired) electrons. The average Bonchev–Trinajstić information content (AvgIpc) is 3.18. The second kappa shape index (κ2) is 8.11. The standard InChI is InChI=1S/C23H17F5O4S/c1-12-3-6-21(33(29,30)31-2)17(7-12)20-10-14-8-15(23(26,27)28)11-16(22(14)32-20)13-4-5-18(24)19(25)9-13/h3-9,11,20H,10H2,1-2H3. The molecule has 4 rings (SSSR count). The Hall–Kier alpha value is -2.98. The first-order valence-corrected chi connectivity index (χ1v) is 11.1. The van der Waals surface area contributed by atoms with E-state index in [1.54, 1.807) is 19.1 Å². The number of benzene rings is 3. The summed E-state index contributed by atoms with van der Waals surface area (Å²) < 4.78 is 103. The summed E-state index contributed by atoms with van der Waals surface area (Å²) in [4.78, 5) is -0.168. The normalized spacial score (nSPS) is 15.9. The van der Waals surface area contributed by atoms with Gasteiger partial charge in [0.05, 0.1) is 12.7 Å². The van der Waals surface area contributed by atoms with Crippen LogP contribution in [0.15, 0.2) is 53.4 Å². The second-order valence-electron chi connectivity index (χ2n) is 7.61. The van der Waals surface area contributed by atoms with Crippen LogP contribution in [0.2, 0.25) is 0 Å². The van der Waals surface area contributed by atoms with Gasteiger partial charge in [-0.2, -0.15) is 21.6 Å². The highest BCUT2D eigenvalue weighted by Crippen LogP contribution is 2.47. The van der Waals surface area contributed by atoms with Crippen molar-refractivity contribution in [2.45, 2.75) is 30.5 Å². The summed E-state index contributed by atoms with van der Waals surface area (Å²) in [6.07, 6.45) is -5.70. The molecule has 1 atom stereocenters. The number of hydrogen-bond donors (Lipinski definition) is 0. The molecular formula is C23H17F5O4S. The van der Waals surface area contributed by atoms with Gasteiger partial charge in [0, 0.05) is 17.5 Å². The third-order valence-electron chi connectivity index (χ3n) is 5.39. The summed E-state index contributed by atoms with van der Waals surface area (Å²) in [7, 11) is -3.13. The van der Waals surface area contributed by atoms with E-state index in [4.69, 9.17) is 4.74 Å². The molecule has 0 N–H and O–H groups in total. The maximum Gasteiger partial charge on any atom is 0.416 e. The third-order valence-corrected chi connectivity index (χ3v) is 6.74. The van der Waals surface area contributed by atoms with E-state index in [0.717, 1.165) is 37.4 Å². The van der Waals surface area contributed by atoms with E-state index < -0.39 is 39.6 Å². The predicted octanol–water partition coefficient (Wildman–Crippen LogP) is 5.97. The van der Waals surface area contributed by atoms with Crippen LogP contribution in [-0.4, -0.2) is 15.5 Å². The lowest BCUT2D eigenvalue weighted by molar-refractivity contribution is -0.137. The van der Waals surface area contributed by atoms with Crippen LogP contribution in [-0.2, 0) is 26.9 Å². The summed E-state index contributed by atoms with van der Waals surface area (Å²) in [5.41, 5.74) is 0.0150. The average molecular weight is 484 g/mol. The Balaban J connectivity index is 1.88. The van der Waals surface area contributed by atoms with Gasteiger partial charge in [0.2, 0.25) is 0 Å². The minimum absolute atomic E-state index is 0.00845. The van der Waals surface area contributed by atoms with Crippen molar-refractivity contribution in [1.82, 2.24) is 0 Å². The molecule has 3 aromatic rings. The number of alkyl halides is 3. The SMILES string of the molecule is COS(=O)(=O)c1ccc(C)cc1C1Cc2cc(C(F)(F)F)cc(-c3ccc(F)c(F)c3)c2O1. The second-order valence-corrected chi connectivity index (χ2v) is 9.29. The molecule has 3 aromatic carbocycles. The fourth-order valence-electron chi connectivity index (χ4n) is 3.82. The van der Waals surface area contributed by atoms with Gasteiger partial charge >= 0.3 is 6.18 Å². The Morgan fingerprint density at radius 2 is 1.73 bits per heavy atom. The Labute approximate surface area is 186 Å². The molecular weight excluding hydrogens is 467 g/mol. The lowest BCUT2D eigenvalue weighted by Gasteiger charge is -2.17. The maximum absolute atomic E-state index is 13.8. The molecule has 33 heavy (non-hydrogen) atoms. The molecule has 174 valence electrons. The van der Waals surface area contributed by atoms with E-state index in [-0.39, 0.29) is 39.3 Å². The predicted molar refractivity (Wildman–Crippen MR) is 109 cm³/mol. The van der Waals surface area contributed by atoms with Gasteiger partial charge in [-0.1, -0.05) is 23.8 Å². The first-order valence-electron chi connectivity index (χ1n) is 9.68. The van der Waals surface area contributed by atoms with Crippen molar-refractivity contribution in [2.24, 2.45) is 0 Å². The lowest BCUT2D eigenvalue weighted by Crippen LogP contribution is -2.12. The Bertz CT molecular complexity index is 1350. The monoisotopic (exact) mass is 484 g/mol. The molecule has 0 spiro atoms. The molecule has 1 aliphatic rings. The van der Waals surface area contributed by atoms with Gasteiger partial charge in [-0.25, -0.2) is 8.78 Å². The zero-order valence-electron chi connectivity index (χ0n) is 17.3. The fourth-order valence-corrected chi connectivity index (χ4v) is 4.71. The number of ether oxygens (including phenoxy) is 1. The van der Waals surface area contributed by atoms with Crippen LogP contribution in [0.5, 0.6) is 5.75 Å². The van der Waals surface area contributed by atoms with Crippen molar-refractivity contribution < 1.29 is 39.3 Å². The van der Waals surface area contributed by atoms with Gasteiger partial charge in [-0.15, -0.1) is 0 Å². The van der Waals surface area contributed by atoms with Gasteiger partial charge < -0.3 is 4.74 Å². The fraction of sp³-hybridized carbons (Fsp3) is 0.217. The largest absolute Gasteiger partial charge is 0.484 e. The van der Waals surface area contributed by atoms with Crippen molar-refractivity contribution in [2.75, 3.05) is 7.11 Å². The summed E-state index contributed by atoms with van der Waals surface area (Å²) in [5, 5.41) is 0. The smallest absolute Gasteiger partial charge is 0.416 e. The Morgan fingerprint density at radius 1 is 1.00 bits per heavy atom. The number of halogens is 5. The van der Waals surface area contributed by atoms with E-state index >= 15 is 0 Å². The van der Waals surface area contributed by atoms with Crippen LogP contribution in [0.4, 0.5) is 22.0 Å². The first kappa shape index (κ1) is 23.2. The molecule has 0 aliphatic carbocycles. The molecule has 10 heteroatoms. The molecule has 0 saturated carbocycles. The summed E-state index contributed by atoms with van der Waals surface area (Å²) in [6, 6.07) is 8.93. The zero-order valence-corrected chi connectivity index (χ0v) is 18.2. The Morgan fingerprint density at radius 3 is 2.36 bits per heavy atom. The maximum atomic E-state index is 13.8. The molecule has 1 heterocycles. The zero-order chi connectivity index (χ0) is 24.1. The number of fused-ring (bicyclic) bond motifs is 1. The third kappa shape index (κ3) is 4.32. The number of rotatable bonds is 4. The van der Waals surface area contributed by atoms with Crippen LogP contribution in [0.1, 0.15) is 28.4 Å². The molecule has 0 saturated heterocycles. The van der Waals surface area contributed by atoms with Crippen molar-refractivity contribution >= 4 is 10.1 Å². The van der Waals surface area contributed by atoms with Crippen LogP contribution in [0.25, 0.3) is 11.1 Å². The van der Waals surface area contributed by atoms with Crippen molar-refractivity contribution in [3.63, 3.8) is 0 Å². The quantitative estimate of drug-likeness (QED) is 0.338. The van der Waals surface area contributed by atoms with Crippen molar-refractivity contribution in [3.05, 3.63) is 82.4 Å². The van der Waals surface area contributed by atoms with E-state index in [9.17, 15) is 30.4 Å². The van der Waals surface area contributed by atoms with E-state index in [0.29, 0.717) is 5.56 Å². The van der Waals surface area contributed by atoms with E-state index in [1.807, 2.05) is 0 Å². The first-order chi connectivity index (χ1) is 15.4. The number of hydrogen-bond acceptors (Lipinski definition) is 4. The van der Waals surface area contributed by atoms with Gasteiger partial charge in [0.25, 0.3) is 10.1 Å².